The fourth-order valence-corrected chi connectivity index (χ4v) is 3.92. The van der Waals surface area contributed by atoms with E-state index < -0.39 is 0 Å². The maximum atomic E-state index is 4.30. The van der Waals surface area contributed by atoms with E-state index in [4.69, 9.17) is 0 Å². The van der Waals surface area contributed by atoms with Crippen molar-refractivity contribution in [3.8, 4) is 0 Å². The van der Waals surface area contributed by atoms with Gasteiger partial charge < -0.3 is 0 Å². The molecule has 0 spiro atoms. The van der Waals surface area contributed by atoms with Crippen molar-refractivity contribution < 1.29 is 0 Å². The molecule has 0 heterocycles. The van der Waals surface area contributed by atoms with E-state index in [9.17, 15) is 0 Å². The minimum absolute atomic E-state index is 0.210. The first-order valence-electron chi connectivity index (χ1n) is 3.87. The molecule has 0 aromatic rings. The minimum Gasteiger partial charge on any atom is -0.178 e. The van der Waals surface area contributed by atoms with Crippen LogP contribution in [0.4, 0.5) is 0 Å². The fraction of sp³-hybridized carbons (Fsp3) is 1.00. The molecule has 0 aliphatic rings. The first kappa shape index (κ1) is 13.8. The van der Waals surface area contributed by atoms with Gasteiger partial charge in [-0.1, -0.05) is 6.92 Å². The smallest absolute Gasteiger partial charge is 0.0532 e. The van der Waals surface area contributed by atoms with Crippen molar-refractivity contribution in [1.29, 1.82) is 0 Å². The van der Waals surface area contributed by atoms with E-state index in [0.717, 1.165) is 11.5 Å². The van der Waals surface area contributed by atoms with E-state index in [2.05, 4.69) is 44.8 Å². The van der Waals surface area contributed by atoms with Crippen LogP contribution in [-0.4, -0.2) is 32.8 Å². The normalized spacial score (nSPS) is 13.8. The van der Waals surface area contributed by atoms with Crippen molar-refractivity contribution in [1.82, 2.24) is 0 Å². The average molecular weight is 261 g/mol. The summed E-state index contributed by atoms with van der Waals surface area (Å²) in [6, 6.07) is 0. The van der Waals surface area contributed by atoms with Gasteiger partial charge in [0.1, 0.15) is 0 Å². The molecule has 12 heavy (non-hydrogen) atoms. The Morgan fingerprint density at radius 2 is 1.92 bits per heavy atom. The van der Waals surface area contributed by atoms with Crippen LogP contribution in [0.1, 0.15) is 6.92 Å². The summed E-state index contributed by atoms with van der Waals surface area (Å²) in [4.78, 5) is 0. The van der Waals surface area contributed by atoms with Gasteiger partial charge in [-0.2, -0.15) is 61.4 Å². The summed E-state index contributed by atoms with van der Waals surface area (Å²) in [6.07, 6.45) is 0. The van der Waals surface area contributed by atoms with Crippen molar-refractivity contribution in [2.75, 3.05) is 23.0 Å². The van der Waals surface area contributed by atoms with E-state index in [0.29, 0.717) is 5.25 Å². The van der Waals surface area contributed by atoms with Gasteiger partial charge in [0.25, 0.3) is 0 Å². The second-order valence-electron chi connectivity index (χ2n) is 2.28. The highest BCUT2D eigenvalue weighted by atomic mass is 32.2. The number of rotatable bonds is 7. The largest absolute Gasteiger partial charge is 0.178 e. The highest BCUT2D eigenvalue weighted by Crippen LogP contribution is 2.19. The van der Waals surface area contributed by atoms with Crippen LogP contribution in [0.15, 0.2) is 0 Å². The standard InChI is InChI=1S/C7H16S5/c1-2-12-6(3-8)4-11-5-7(9)10/h6-10H,2-5H2,1H3. The van der Waals surface area contributed by atoms with Gasteiger partial charge in [0.15, 0.2) is 0 Å². The fourth-order valence-electron chi connectivity index (χ4n) is 0.694. The van der Waals surface area contributed by atoms with Crippen LogP contribution >= 0.6 is 61.4 Å². The summed E-state index contributed by atoms with van der Waals surface area (Å²) < 4.78 is 0.210. The minimum atomic E-state index is 0.210. The Labute approximate surface area is 101 Å². The number of hydrogen-bond acceptors (Lipinski definition) is 5. The van der Waals surface area contributed by atoms with E-state index in [1.165, 1.54) is 11.5 Å². The number of thiol groups is 3. The molecule has 0 N–H and O–H groups in total. The summed E-state index contributed by atoms with van der Waals surface area (Å²) in [6.45, 7) is 2.19. The maximum Gasteiger partial charge on any atom is 0.0532 e. The summed E-state index contributed by atoms with van der Waals surface area (Å²) in [7, 11) is 0. The molecule has 0 bridgehead atoms. The molecule has 0 aliphatic carbocycles. The summed E-state index contributed by atoms with van der Waals surface area (Å²) in [5.41, 5.74) is 0. The second-order valence-corrected chi connectivity index (χ2v) is 6.95. The molecule has 0 fully saturated rings. The van der Waals surface area contributed by atoms with Crippen LogP contribution in [0.25, 0.3) is 0 Å². The van der Waals surface area contributed by atoms with Gasteiger partial charge in [-0.15, -0.1) is 0 Å². The molecule has 0 nitrogen and oxygen atoms in total. The lowest BCUT2D eigenvalue weighted by Gasteiger charge is -2.12. The van der Waals surface area contributed by atoms with E-state index in [1.807, 2.05) is 23.5 Å². The molecule has 0 aromatic heterocycles. The SMILES string of the molecule is CCSC(CS)CSCC(S)S. The van der Waals surface area contributed by atoms with Crippen LogP contribution in [-0.2, 0) is 0 Å². The third-order valence-electron chi connectivity index (χ3n) is 1.18. The molecular weight excluding hydrogens is 244 g/mol. The second kappa shape index (κ2) is 9.31. The lowest BCUT2D eigenvalue weighted by atomic mass is 10.5. The zero-order chi connectivity index (χ0) is 9.40. The predicted molar refractivity (Wildman–Crippen MR) is 74.9 cm³/mol. The molecule has 1 atom stereocenters. The van der Waals surface area contributed by atoms with E-state index >= 15 is 0 Å². The van der Waals surface area contributed by atoms with Crippen LogP contribution in [0.5, 0.6) is 0 Å². The van der Waals surface area contributed by atoms with E-state index in [1.54, 1.807) is 0 Å². The molecule has 5 heteroatoms. The average Bonchev–Trinajstić information content (AvgIpc) is 2.02. The lowest BCUT2D eigenvalue weighted by Crippen LogP contribution is -2.10. The monoisotopic (exact) mass is 260 g/mol. The first-order chi connectivity index (χ1) is 5.70. The van der Waals surface area contributed by atoms with Gasteiger partial charge in [-0.05, 0) is 5.75 Å². The Kier molecular flexibility index (Phi) is 10.7. The molecule has 74 valence electrons. The van der Waals surface area contributed by atoms with Crippen LogP contribution < -0.4 is 0 Å². The van der Waals surface area contributed by atoms with Gasteiger partial charge in [0.05, 0.1) is 4.58 Å². The predicted octanol–water partition coefficient (Wildman–Crippen LogP) is 2.96. The molecule has 0 radical (unpaired) electrons. The van der Waals surface area contributed by atoms with Crippen LogP contribution in [0.3, 0.4) is 0 Å². The number of thioether (sulfide) groups is 2. The Bertz CT molecular complexity index is 95.8. The highest BCUT2D eigenvalue weighted by molar-refractivity contribution is 8.06. The van der Waals surface area contributed by atoms with Crippen molar-refractivity contribution in [2.24, 2.45) is 0 Å². The van der Waals surface area contributed by atoms with Gasteiger partial charge in [-0.25, -0.2) is 0 Å². The van der Waals surface area contributed by atoms with Gasteiger partial charge >= 0.3 is 0 Å². The van der Waals surface area contributed by atoms with Gasteiger partial charge in [0.2, 0.25) is 0 Å². The van der Waals surface area contributed by atoms with Crippen LogP contribution in [0, 0.1) is 0 Å². The molecule has 0 saturated carbocycles. The highest BCUT2D eigenvalue weighted by Gasteiger charge is 2.06. The quantitative estimate of drug-likeness (QED) is 0.476. The van der Waals surface area contributed by atoms with Crippen molar-refractivity contribution in [3.63, 3.8) is 0 Å². The molecule has 0 amide bonds. The van der Waals surface area contributed by atoms with Gasteiger partial charge in [-0.3, -0.25) is 0 Å². The first-order valence-corrected chi connectivity index (χ1v) is 7.73. The van der Waals surface area contributed by atoms with Crippen LogP contribution in [0.2, 0.25) is 0 Å². The Morgan fingerprint density at radius 3 is 2.33 bits per heavy atom. The van der Waals surface area contributed by atoms with Gasteiger partial charge in [0, 0.05) is 22.5 Å². The Balaban J connectivity index is 3.31. The van der Waals surface area contributed by atoms with Crippen molar-refractivity contribution in [3.05, 3.63) is 0 Å². The zero-order valence-corrected chi connectivity index (χ0v) is 11.5. The molecule has 0 saturated heterocycles. The third-order valence-corrected chi connectivity index (χ3v) is 5.28. The summed E-state index contributed by atoms with van der Waals surface area (Å²) in [5.74, 6) is 4.33. The van der Waals surface area contributed by atoms with Crippen molar-refractivity contribution in [2.45, 2.75) is 16.8 Å². The molecule has 0 aromatic carbocycles. The Hall–Kier alpha value is 1.75. The maximum absolute atomic E-state index is 4.30. The number of hydrogen-bond donors (Lipinski definition) is 3. The van der Waals surface area contributed by atoms with Crippen molar-refractivity contribution >= 4 is 61.4 Å². The summed E-state index contributed by atoms with van der Waals surface area (Å²) in [5, 5.41) is 0.684. The molecule has 0 aliphatic heterocycles. The molecule has 1 unspecified atom stereocenters. The van der Waals surface area contributed by atoms with E-state index in [-0.39, 0.29) is 4.58 Å². The zero-order valence-electron chi connectivity index (χ0n) is 7.14. The molecule has 0 rings (SSSR count). The summed E-state index contributed by atoms with van der Waals surface area (Å²) >= 11 is 16.6. The molecular formula is C7H16S5. The topological polar surface area (TPSA) is 0 Å². The third kappa shape index (κ3) is 8.35. The lowest BCUT2D eigenvalue weighted by molar-refractivity contribution is 1.15. The Morgan fingerprint density at radius 1 is 1.25 bits per heavy atom.